The van der Waals surface area contributed by atoms with Crippen molar-refractivity contribution >= 4 is 15.7 Å². The molecule has 1 atom stereocenters. The number of piperidine rings is 1. The van der Waals surface area contributed by atoms with Crippen LogP contribution in [0.2, 0.25) is 0 Å². The molecule has 20 heavy (non-hydrogen) atoms. The molecule has 1 aromatic rings. The number of nitrogens with one attached hydrogen (secondary N) is 1. The zero-order valence-electron chi connectivity index (χ0n) is 11.6. The zero-order chi connectivity index (χ0) is 14.6. The zero-order valence-corrected chi connectivity index (χ0v) is 12.4. The summed E-state index contributed by atoms with van der Waals surface area (Å²) in [6, 6.07) is 3.43. The molecular formula is C13H21N3O3S. The highest BCUT2D eigenvalue weighted by Crippen LogP contribution is 2.24. The Bertz CT molecular complexity index is 548. The van der Waals surface area contributed by atoms with Gasteiger partial charge in [-0.05, 0) is 31.4 Å². The normalized spacial score (nSPS) is 20.8. The lowest BCUT2D eigenvalue weighted by Gasteiger charge is -2.29. The van der Waals surface area contributed by atoms with E-state index in [1.165, 1.54) is 10.5 Å². The second-order valence-electron chi connectivity index (χ2n) is 4.94. The third-order valence-electron chi connectivity index (χ3n) is 3.28. The minimum atomic E-state index is -3.66. The number of aliphatic hydroxyl groups is 1. The molecule has 1 aliphatic rings. The highest BCUT2D eigenvalue weighted by atomic mass is 32.2. The average molecular weight is 299 g/mol. The first-order valence-electron chi connectivity index (χ1n) is 6.92. The lowest BCUT2D eigenvalue weighted by atomic mass is 10.1. The third kappa shape index (κ3) is 3.28. The van der Waals surface area contributed by atoms with E-state index in [1.54, 1.807) is 12.1 Å². The molecule has 2 rings (SSSR count). The van der Waals surface area contributed by atoms with Gasteiger partial charge in [0.25, 0.3) is 10.0 Å². The molecular weight excluding hydrogens is 278 g/mol. The fourth-order valence-corrected chi connectivity index (χ4v) is 3.85. The van der Waals surface area contributed by atoms with Crippen molar-refractivity contribution in [3.63, 3.8) is 0 Å². The fourth-order valence-electron chi connectivity index (χ4n) is 2.25. The number of pyridine rings is 1. The maximum absolute atomic E-state index is 12.6. The molecule has 112 valence electrons. The molecule has 1 saturated heterocycles. The maximum Gasteiger partial charge on any atom is 0.262 e. The Morgan fingerprint density at radius 3 is 3.05 bits per heavy atom. The lowest BCUT2D eigenvalue weighted by Crippen LogP contribution is -2.42. The molecule has 2 N–H and O–H groups in total. The molecule has 1 aromatic heterocycles. The van der Waals surface area contributed by atoms with E-state index in [9.17, 15) is 13.5 Å². The molecule has 2 heterocycles. The highest BCUT2D eigenvalue weighted by Gasteiger charge is 2.32. The third-order valence-corrected chi connectivity index (χ3v) is 5.11. The van der Waals surface area contributed by atoms with E-state index in [0.717, 1.165) is 6.42 Å². The van der Waals surface area contributed by atoms with Gasteiger partial charge < -0.3 is 10.4 Å². The van der Waals surface area contributed by atoms with Crippen LogP contribution in [0, 0.1) is 0 Å². The summed E-state index contributed by atoms with van der Waals surface area (Å²) in [6.07, 6.45) is 3.11. The van der Waals surface area contributed by atoms with Crippen molar-refractivity contribution < 1.29 is 13.5 Å². The summed E-state index contributed by atoms with van der Waals surface area (Å²) in [5.41, 5.74) is 0.523. The Balaban J connectivity index is 2.29. The van der Waals surface area contributed by atoms with Gasteiger partial charge in [0.1, 0.15) is 0 Å². The van der Waals surface area contributed by atoms with Crippen LogP contribution in [0.4, 0.5) is 5.69 Å². The van der Waals surface area contributed by atoms with E-state index in [4.69, 9.17) is 0 Å². The molecule has 0 saturated carbocycles. The Labute approximate surface area is 119 Å². The molecule has 0 spiro atoms. The minimum absolute atomic E-state index is 0.0440. The van der Waals surface area contributed by atoms with E-state index >= 15 is 0 Å². The van der Waals surface area contributed by atoms with E-state index in [1.807, 2.05) is 6.92 Å². The van der Waals surface area contributed by atoms with Gasteiger partial charge in [0, 0.05) is 25.8 Å². The Hall–Kier alpha value is -1.18. The monoisotopic (exact) mass is 299 g/mol. The number of sulfonamides is 1. The number of nitrogens with zero attached hydrogens (tertiary/aromatic N) is 2. The van der Waals surface area contributed by atoms with Gasteiger partial charge in [-0.15, -0.1) is 0 Å². The Kier molecular flexibility index (Phi) is 4.95. The second-order valence-corrected chi connectivity index (χ2v) is 6.80. The number of β-amino-alcohol motifs (C(OH)–C–C–N with tert-alkyl or cyclic N) is 1. The standard InChI is InChI=1S/C13H21N3O3S/c1-2-7-14-12-6-3-8-15-13(12)20(18,19)16-9-4-5-11(17)10-16/h3,6,8,11,14,17H,2,4-5,7,9-10H2,1H3. The molecule has 0 aromatic carbocycles. The number of aromatic nitrogens is 1. The van der Waals surface area contributed by atoms with Gasteiger partial charge >= 0.3 is 0 Å². The van der Waals surface area contributed by atoms with Gasteiger partial charge in [-0.1, -0.05) is 6.92 Å². The summed E-state index contributed by atoms with van der Waals surface area (Å²) in [4.78, 5) is 4.03. The molecule has 0 aliphatic carbocycles. The minimum Gasteiger partial charge on any atom is -0.392 e. The first-order chi connectivity index (χ1) is 9.55. The summed E-state index contributed by atoms with van der Waals surface area (Å²) >= 11 is 0. The van der Waals surface area contributed by atoms with E-state index in [0.29, 0.717) is 31.6 Å². The van der Waals surface area contributed by atoms with Gasteiger partial charge in [0.05, 0.1) is 11.8 Å². The van der Waals surface area contributed by atoms with Gasteiger partial charge in [-0.3, -0.25) is 0 Å². The predicted molar refractivity (Wildman–Crippen MR) is 77.0 cm³/mol. The van der Waals surface area contributed by atoms with Crippen LogP contribution in [0.5, 0.6) is 0 Å². The number of hydrogen-bond acceptors (Lipinski definition) is 5. The van der Waals surface area contributed by atoms with Crippen LogP contribution < -0.4 is 5.32 Å². The van der Waals surface area contributed by atoms with E-state index < -0.39 is 16.1 Å². The molecule has 0 radical (unpaired) electrons. The Morgan fingerprint density at radius 2 is 2.35 bits per heavy atom. The number of hydrogen-bond donors (Lipinski definition) is 2. The Morgan fingerprint density at radius 1 is 1.55 bits per heavy atom. The lowest BCUT2D eigenvalue weighted by molar-refractivity contribution is 0.108. The van der Waals surface area contributed by atoms with Crippen LogP contribution >= 0.6 is 0 Å². The fraction of sp³-hybridized carbons (Fsp3) is 0.615. The maximum atomic E-state index is 12.6. The summed E-state index contributed by atoms with van der Waals surface area (Å²) in [6.45, 7) is 3.28. The molecule has 6 nitrogen and oxygen atoms in total. The first-order valence-corrected chi connectivity index (χ1v) is 8.37. The molecule has 0 amide bonds. The largest absolute Gasteiger partial charge is 0.392 e. The first kappa shape index (κ1) is 15.2. The summed E-state index contributed by atoms with van der Waals surface area (Å²) in [5.74, 6) is 0. The molecule has 1 fully saturated rings. The van der Waals surface area contributed by atoms with E-state index in [2.05, 4.69) is 10.3 Å². The molecule has 0 bridgehead atoms. The van der Waals surface area contributed by atoms with Gasteiger partial charge in [-0.25, -0.2) is 13.4 Å². The summed E-state index contributed by atoms with van der Waals surface area (Å²) < 4.78 is 26.6. The molecule has 1 aliphatic heterocycles. The van der Waals surface area contributed by atoms with Crippen LogP contribution in [0.3, 0.4) is 0 Å². The predicted octanol–water partition coefficient (Wildman–Crippen LogP) is 1.05. The molecule has 7 heteroatoms. The highest BCUT2D eigenvalue weighted by molar-refractivity contribution is 7.89. The van der Waals surface area contributed by atoms with Crippen molar-refractivity contribution in [2.45, 2.75) is 37.3 Å². The van der Waals surface area contributed by atoms with Crippen LogP contribution in [0.1, 0.15) is 26.2 Å². The van der Waals surface area contributed by atoms with Crippen molar-refractivity contribution in [2.75, 3.05) is 25.0 Å². The molecule has 1 unspecified atom stereocenters. The quantitative estimate of drug-likeness (QED) is 0.849. The SMILES string of the molecule is CCCNc1cccnc1S(=O)(=O)N1CCCC(O)C1. The average Bonchev–Trinajstić information content (AvgIpc) is 2.45. The second kappa shape index (κ2) is 6.51. The van der Waals surface area contributed by atoms with Crippen molar-refractivity contribution in [3.05, 3.63) is 18.3 Å². The van der Waals surface area contributed by atoms with Gasteiger partial charge in [-0.2, -0.15) is 4.31 Å². The van der Waals surface area contributed by atoms with E-state index in [-0.39, 0.29) is 11.6 Å². The van der Waals surface area contributed by atoms with Crippen LogP contribution in [-0.2, 0) is 10.0 Å². The van der Waals surface area contributed by atoms with Gasteiger partial charge in [0.15, 0.2) is 5.03 Å². The summed E-state index contributed by atoms with van der Waals surface area (Å²) in [5, 5.41) is 12.8. The number of aliphatic hydroxyl groups excluding tert-OH is 1. The van der Waals surface area contributed by atoms with Gasteiger partial charge in [0.2, 0.25) is 0 Å². The van der Waals surface area contributed by atoms with Crippen molar-refractivity contribution in [2.24, 2.45) is 0 Å². The summed E-state index contributed by atoms with van der Waals surface area (Å²) in [7, 11) is -3.66. The number of rotatable bonds is 5. The van der Waals surface area contributed by atoms with Crippen LogP contribution in [-0.4, -0.2) is 48.6 Å². The van der Waals surface area contributed by atoms with Crippen molar-refractivity contribution in [3.8, 4) is 0 Å². The van der Waals surface area contributed by atoms with Crippen molar-refractivity contribution in [1.29, 1.82) is 0 Å². The topological polar surface area (TPSA) is 82.5 Å². The van der Waals surface area contributed by atoms with Crippen LogP contribution in [0.25, 0.3) is 0 Å². The van der Waals surface area contributed by atoms with Crippen LogP contribution in [0.15, 0.2) is 23.4 Å². The number of anilines is 1. The van der Waals surface area contributed by atoms with Crippen molar-refractivity contribution in [1.82, 2.24) is 9.29 Å². The smallest absolute Gasteiger partial charge is 0.262 e.